The number of nitrogens with two attached hydrogens (primary N) is 1. The predicted molar refractivity (Wildman–Crippen MR) is 121 cm³/mol. The van der Waals surface area contributed by atoms with E-state index in [1.165, 1.54) is 0 Å². The first-order chi connectivity index (χ1) is 14.2. The van der Waals surface area contributed by atoms with Crippen molar-refractivity contribution in [2.75, 3.05) is 6.54 Å². The molecule has 0 amide bonds. The van der Waals surface area contributed by atoms with Crippen LogP contribution in [-0.4, -0.2) is 18.4 Å². The lowest BCUT2D eigenvalue weighted by Gasteiger charge is -2.25. The molecule has 3 N–H and O–H groups in total. The summed E-state index contributed by atoms with van der Waals surface area (Å²) in [5.41, 5.74) is 5.98. The van der Waals surface area contributed by atoms with E-state index in [1.807, 2.05) is 45.9 Å². The zero-order valence-corrected chi connectivity index (χ0v) is 18.9. The molecule has 4 nitrogen and oxygen atoms in total. The Labute approximate surface area is 184 Å². The van der Waals surface area contributed by atoms with Gasteiger partial charge in [0.1, 0.15) is 11.5 Å². The number of ether oxygens (including phenoxy) is 1. The van der Waals surface area contributed by atoms with Gasteiger partial charge in [0.25, 0.3) is 0 Å². The average Bonchev–Trinajstić information content (AvgIpc) is 2.70. The number of Topliss-reactive ketones (excluding diaryl/α,β-unsaturated/α-hetero) is 1. The van der Waals surface area contributed by atoms with Crippen LogP contribution in [0.1, 0.15) is 58.6 Å². The van der Waals surface area contributed by atoms with Crippen LogP contribution in [0.2, 0.25) is 5.02 Å². The maximum Gasteiger partial charge on any atom is 0.181 e. The number of carbonyl (C=O) groups excluding carboxylic acids is 1. The number of halogens is 2. The van der Waals surface area contributed by atoms with E-state index in [-0.39, 0.29) is 34.1 Å². The molecule has 164 valence electrons. The molecular formula is C24H32ClFN2O2. The molecule has 30 heavy (non-hydrogen) atoms. The van der Waals surface area contributed by atoms with E-state index < -0.39 is 5.82 Å². The molecule has 0 spiro atoms. The number of para-hydroxylation sites is 1. The summed E-state index contributed by atoms with van der Waals surface area (Å²) in [5.74, 6) is 0.172. The number of nitrogens with one attached hydrogen (secondary N) is 1. The molecule has 0 aliphatic carbocycles. The van der Waals surface area contributed by atoms with Gasteiger partial charge in [-0.05, 0) is 43.5 Å². The molecule has 2 aromatic carbocycles. The standard InChI is InChI=1S/C24H32ClFN2O2/c1-5-21(28-16(2)13-17(29)14-24(3,4)15-27)19-11-12-20(25)23(22(19)26)30-18-9-7-6-8-10-18/h6-12,16,21,28H,5,13-15,27H2,1-4H3/t16-,21+/m0/s1. The van der Waals surface area contributed by atoms with E-state index in [9.17, 15) is 4.79 Å². The first-order valence-corrected chi connectivity index (χ1v) is 10.7. The maximum atomic E-state index is 15.3. The Balaban J connectivity index is 2.14. The maximum absolute atomic E-state index is 15.3. The van der Waals surface area contributed by atoms with Gasteiger partial charge in [-0.25, -0.2) is 4.39 Å². The fourth-order valence-corrected chi connectivity index (χ4v) is 3.55. The molecule has 2 rings (SSSR count). The highest BCUT2D eigenvalue weighted by molar-refractivity contribution is 6.32. The van der Waals surface area contributed by atoms with E-state index in [2.05, 4.69) is 5.32 Å². The zero-order valence-electron chi connectivity index (χ0n) is 18.2. The number of hydrogen-bond donors (Lipinski definition) is 2. The third kappa shape index (κ3) is 6.79. The molecule has 0 fully saturated rings. The fraction of sp³-hybridized carbons (Fsp3) is 0.458. The molecular weight excluding hydrogens is 403 g/mol. The topological polar surface area (TPSA) is 64.4 Å². The Bertz CT molecular complexity index is 843. The van der Waals surface area contributed by atoms with Gasteiger partial charge in [-0.3, -0.25) is 4.79 Å². The van der Waals surface area contributed by atoms with Gasteiger partial charge >= 0.3 is 0 Å². The lowest BCUT2D eigenvalue weighted by molar-refractivity contribution is -0.121. The highest BCUT2D eigenvalue weighted by Crippen LogP contribution is 2.36. The molecule has 0 aromatic heterocycles. The van der Waals surface area contributed by atoms with E-state index >= 15 is 4.39 Å². The van der Waals surface area contributed by atoms with Crippen LogP contribution in [0.15, 0.2) is 42.5 Å². The molecule has 2 aromatic rings. The first kappa shape index (κ1) is 24.3. The van der Waals surface area contributed by atoms with Gasteiger partial charge < -0.3 is 15.8 Å². The van der Waals surface area contributed by atoms with Gasteiger partial charge in [0.2, 0.25) is 0 Å². The predicted octanol–water partition coefficient (Wildman–Crippen LogP) is 6.03. The lowest BCUT2D eigenvalue weighted by atomic mass is 9.86. The molecule has 2 atom stereocenters. The summed E-state index contributed by atoms with van der Waals surface area (Å²) in [6.07, 6.45) is 1.44. The van der Waals surface area contributed by atoms with Gasteiger partial charge in [-0.15, -0.1) is 0 Å². The average molecular weight is 435 g/mol. The van der Waals surface area contributed by atoms with Gasteiger partial charge in [0, 0.05) is 30.5 Å². The Morgan fingerprint density at radius 1 is 1.23 bits per heavy atom. The van der Waals surface area contributed by atoms with Crippen LogP contribution < -0.4 is 15.8 Å². The summed E-state index contributed by atoms with van der Waals surface area (Å²) in [6.45, 7) is 8.32. The summed E-state index contributed by atoms with van der Waals surface area (Å²) in [7, 11) is 0. The molecule has 0 saturated heterocycles. The Kier molecular flexibility index (Phi) is 8.83. The molecule has 6 heteroatoms. The highest BCUT2D eigenvalue weighted by Gasteiger charge is 2.24. The Morgan fingerprint density at radius 2 is 1.90 bits per heavy atom. The van der Waals surface area contributed by atoms with Crippen LogP contribution in [0.5, 0.6) is 11.5 Å². The van der Waals surface area contributed by atoms with Crippen LogP contribution in [0.25, 0.3) is 0 Å². The first-order valence-electron chi connectivity index (χ1n) is 10.4. The van der Waals surface area contributed by atoms with Crippen molar-refractivity contribution in [3.8, 4) is 11.5 Å². The number of rotatable bonds is 11. The molecule has 0 aliphatic rings. The second-order valence-electron chi connectivity index (χ2n) is 8.51. The van der Waals surface area contributed by atoms with E-state index in [4.69, 9.17) is 22.1 Å². The Morgan fingerprint density at radius 3 is 2.50 bits per heavy atom. The van der Waals surface area contributed by atoms with Crippen LogP contribution in [0, 0.1) is 11.2 Å². The molecule has 0 heterocycles. The van der Waals surface area contributed by atoms with Gasteiger partial charge in [-0.2, -0.15) is 0 Å². The van der Waals surface area contributed by atoms with Crippen LogP contribution in [-0.2, 0) is 4.79 Å². The molecule has 0 bridgehead atoms. The van der Waals surface area contributed by atoms with Crippen molar-refractivity contribution in [2.45, 2.75) is 59.0 Å². The summed E-state index contributed by atoms with van der Waals surface area (Å²) >= 11 is 6.21. The third-order valence-electron chi connectivity index (χ3n) is 5.07. The Hall–Kier alpha value is -1.95. The second-order valence-corrected chi connectivity index (χ2v) is 8.92. The quantitative estimate of drug-likeness (QED) is 0.452. The number of hydrogen-bond acceptors (Lipinski definition) is 4. The van der Waals surface area contributed by atoms with Gasteiger partial charge in [-0.1, -0.05) is 56.6 Å². The number of benzene rings is 2. The minimum atomic E-state index is -0.492. The smallest absolute Gasteiger partial charge is 0.181 e. The summed E-state index contributed by atoms with van der Waals surface area (Å²) in [5, 5.41) is 3.59. The normalized spacial score (nSPS) is 13.7. The van der Waals surface area contributed by atoms with Gasteiger partial charge in [0.15, 0.2) is 11.6 Å². The van der Waals surface area contributed by atoms with E-state index in [0.29, 0.717) is 37.1 Å². The van der Waals surface area contributed by atoms with Crippen molar-refractivity contribution in [1.82, 2.24) is 5.32 Å². The SMILES string of the molecule is CC[C@@H](N[C@@H](C)CC(=O)CC(C)(C)CN)c1ccc(Cl)c(Oc2ccccc2)c1F. The minimum Gasteiger partial charge on any atom is -0.453 e. The summed E-state index contributed by atoms with van der Waals surface area (Å²) in [6, 6.07) is 11.9. The van der Waals surface area contributed by atoms with Gasteiger partial charge in [0.05, 0.1) is 5.02 Å². The van der Waals surface area contributed by atoms with Crippen molar-refractivity contribution in [2.24, 2.45) is 11.1 Å². The van der Waals surface area contributed by atoms with Crippen molar-refractivity contribution < 1.29 is 13.9 Å². The minimum absolute atomic E-state index is 0.00837. The van der Waals surface area contributed by atoms with Crippen molar-refractivity contribution in [1.29, 1.82) is 0 Å². The number of carbonyl (C=O) groups is 1. The zero-order chi connectivity index (χ0) is 22.3. The monoisotopic (exact) mass is 434 g/mol. The second kappa shape index (κ2) is 10.9. The van der Waals surface area contributed by atoms with Crippen molar-refractivity contribution >= 4 is 17.4 Å². The number of ketones is 1. The molecule has 0 unspecified atom stereocenters. The van der Waals surface area contributed by atoms with Crippen LogP contribution >= 0.6 is 11.6 Å². The summed E-state index contributed by atoms with van der Waals surface area (Å²) < 4.78 is 21.0. The molecule has 0 saturated carbocycles. The summed E-state index contributed by atoms with van der Waals surface area (Å²) in [4.78, 5) is 12.4. The van der Waals surface area contributed by atoms with E-state index in [0.717, 1.165) is 0 Å². The fourth-order valence-electron chi connectivity index (χ4n) is 3.37. The van der Waals surface area contributed by atoms with Crippen molar-refractivity contribution in [3.05, 3.63) is 58.9 Å². The van der Waals surface area contributed by atoms with Crippen LogP contribution in [0.3, 0.4) is 0 Å². The van der Waals surface area contributed by atoms with Crippen molar-refractivity contribution in [3.63, 3.8) is 0 Å². The largest absolute Gasteiger partial charge is 0.453 e. The molecule has 0 aliphatic heterocycles. The molecule has 0 radical (unpaired) electrons. The van der Waals surface area contributed by atoms with Crippen LogP contribution in [0.4, 0.5) is 4.39 Å². The lowest BCUT2D eigenvalue weighted by Crippen LogP contribution is -2.34. The highest BCUT2D eigenvalue weighted by atomic mass is 35.5. The van der Waals surface area contributed by atoms with E-state index in [1.54, 1.807) is 24.3 Å². The third-order valence-corrected chi connectivity index (χ3v) is 5.37.